The highest BCUT2D eigenvalue weighted by Gasteiger charge is 2.20. The lowest BCUT2D eigenvalue weighted by molar-refractivity contribution is 0.479. The Bertz CT molecular complexity index is 476. The maximum atomic E-state index is 10.8. The minimum absolute atomic E-state index is 0.375. The van der Waals surface area contributed by atoms with E-state index >= 15 is 0 Å². The van der Waals surface area contributed by atoms with Gasteiger partial charge in [-0.05, 0) is 17.7 Å². The molecule has 7 heteroatoms. The number of halogens is 3. The summed E-state index contributed by atoms with van der Waals surface area (Å²) < 4.78 is 30.4. The molecule has 0 aliphatic heterocycles. The van der Waals surface area contributed by atoms with Gasteiger partial charge in [0.15, 0.2) is 0 Å². The molecule has 0 radical (unpaired) electrons. The zero-order valence-corrected chi connectivity index (χ0v) is 11.9. The van der Waals surface area contributed by atoms with Crippen molar-refractivity contribution in [2.75, 3.05) is 11.1 Å². The second kappa shape index (κ2) is 5.69. The van der Waals surface area contributed by atoms with Gasteiger partial charge in [0, 0.05) is 21.3 Å². The molecular weight excluding hydrogens is 339 g/mol. The van der Waals surface area contributed by atoms with Gasteiger partial charge in [-0.1, -0.05) is 45.2 Å². The fourth-order valence-corrected chi connectivity index (χ4v) is 3.55. The van der Waals surface area contributed by atoms with Gasteiger partial charge in [0.2, 0.25) is 0 Å². The van der Waals surface area contributed by atoms with Crippen LogP contribution in [0.1, 0.15) is 11.5 Å². The molecule has 16 heavy (non-hydrogen) atoms. The van der Waals surface area contributed by atoms with Gasteiger partial charge >= 0.3 is 0 Å². The van der Waals surface area contributed by atoms with Crippen molar-refractivity contribution < 1.29 is 13.0 Å². The lowest BCUT2D eigenvalue weighted by atomic mass is 10.0. The SMILES string of the molecule is O=S(=O)(O)C[C@@H](CBr)c1ccc(Cl)cc1Cl. The number of alkyl halides is 1. The summed E-state index contributed by atoms with van der Waals surface area (Å²) in [4.78, 5) is 0. The van der Waals surface area contributed by atoms with Crippen LogP contribution in [-0.2, 0) is 10.1 Å². The molecule has 0 aromatic heterocycles. The van der Waals surface area contributed by atoms with E-state index in [1.54, 1.807) is 12.1 Å². The predicted molar refractivity (Wildman–Crippen MR) is 69.4 cm³/mol. The van der Waals surface area contributed by atoms with Gasteiger partial charge in [0.25, 0.3) is 10.1 Å². The first-order valence-corrected chi connectivity index (χ1v) is 7.78. The molecule has 1 aromatic rings. The van der Waals surface area contributed by atoms with E-state index in [4.69, 9.17) is 27.8 Å². The quantitative estimate of drug-likeness (QED) is 0.671. The molecule has 1 atom stereocenters. The molecule has 90 valence electrons. The molecule has 1 N–H and O–H groups in total. The highest BCUT2D eigenvalue weighted by Crippen LogP contribution is 2.29. The number of hydrogen-bond donors (Lipinski definition) is 1. The first-order chi connectivity index (χ1) is 7.33. The molecule has 3 nitrogen and oxygen atoms in total. The van der Waals surface area contributed by atoms with Gasteiger partial charge in [-0.2, -0.15) is 8.42 Å². The number of hydrogen-bond acceptors (Lipinski definition) is 2. The summed E-state index contributed by atoms with van der Waals surface area (Å²) in [5.41, 5.74) is 0.639. The highest BCUT2D eigenvalue weighted by atomic mass is 79.9. The second-order valence-electron chi connectivity index (χ2n) is 3.27. The van der Waals surface area contributed by atoms with Crippen molar-refractivity contribution >= 4 is 49.2 Å². The fourth-order valence-electron chi connectivity index (χ4n) is 1.30. The average Bonchev–Trinajstić information content (AvgIpc) is 2.13. The van der Waals surface area contributed by atoms with Crippen LogP contribution in [0.4, 0.5) is 0 Å². The first kappa shape index (κ1) is 14.3. The van der Waals surface area contributed by atoms with Crippen molar-refractivity contribution in [2.45, 2.75) is 5.92 Å². The Labute approximate surface area is 113 Å². The molecule has 0 aliphatic carbocycles. The van der Waals surface area contributed by atoms with Crippen molar-refractivity contribution in [1.29, 1.82) is 0 Å². The molecule has 0 saturated carbocycles. The van der Waals surface area contributed by atoms with E-state index in [0.717, 1.165) is 0 Å². The minimum atomic E-state index is -4.03. The zero-order chi connectivity index (χ0) is 12.3. The fraction of sp³-hybridized carbons (Fsp3) is 0.333. The molecule has 1 rings (SSSR count). The van der Waals surface area contributed by atoms with Crippen molar-refractivity contribution in [3.05, 3.63) is 33.8 Å². The van der Waals surface area contributed by atoms with E-state index in [9.17, 15) is 8.42 Å². The van der Waals surface area contributed by atoms with Crippen molar-refractivity contribution in [3.63, 3.8) is 0 Å². The van der Waals surface area contributed by atoms with E-state index in [2.05, 4.69) is 15.9 Å². The monoisotopic (exact) mass is 346 g/mol. The van der Waals surface area contributed by atoms with Crippen LogP contribution in [-0.4, -0.2) is 24.1 Å². The van der Waals surface area contributed by atoms with Gasteiger partial charge in [-0.25, -0.2) is 0 Å². The Morgan fingerprint density at radius 1 is 1.38 bits per heavy atom. The van der Waals surface area contributed by atoms with Crippen LogP contribution < -0.4 is 0 Å². The van der Waals surface area contributed by atoms with Gasteiger partial charge < -0.3 is 0 Å². The standard InChI is InChI=1S/C9H9BrCl2O3S/c10-4-6(5-16(13,14)15)8-2-1-7(11)3-9(8)12/h1-3,6H,4-5H2,(H,13,14,15)/t6-/m1/s1. The Morgan fingerprint density at radius 2 is 2.00 bits per heavy atom. The summed E-state index contributed by atoms with van der Waals surface area (Å²) in [6, 6.07) is 4.82. The Balaban J connectivity index is 3.04. The lowest BCUT2D eigenvalue weighted by Crippen LogP contribution is -2.15. The molecule has 0 amide bonds. The molecule has 0 saturated heterocycles. The van der Waals surface area contributed by atoms with E-state index in [0.29, 0.717) is 20.9 Å². The van der Waals surface area contributed by atoms with Crippen LogP contribution in [0.3, 0.4) is 0 Å². The van der Waals surface area contributed by atoms with Crippen molar-refractivity contribution in [1.82, 2.24) is 0 Å². The second-order valence-corrected chi connectivity index (χ2v) is 6.25. The van der Waals surface area contributed by atoms with Gasteiger partial charge in [-0.3, -0.25) is 4.55 Å². The van der Waals surface area contributed by atoms with E-state index in [-0.39, 0.29) is 5.75 Å². The molecular formula is C9H9BrCl2O3S. The van der Waals surface area contributed by atoms with Crippen LogP contribution in [0, 0.1) is 0 Å². The summed E-state index contributed by atoms with van der Waals surface area (Å²) in [6.07, 6.45) is 0. The van der Waals surface area contributed by atoms with Crippen LogP contribution in [0.25, 0.3) is 0 Å². The molecule has 0 aliphatic rings. The summed E-state index contributed by atoms with van der Waals surface area (Å²) in [5.74, 6) is -0.778. The number of rotatable bonds is 4. The van der Waals surface area contributed by atoms with E-state index in [1.165, 1.54) is 6.07 Å². The van der Waals surface area contributed by atoms with Crippen molar-refractivity contribution in [3.8, 4) is 0 Å². The minimum Gasteiger partial charge on any atom is -0.286 e. The zero-order valence-electron chi connectivity index (χ0n) is 8.03. The maximum Gasteiger partial charge on any atom is 0.265 e. The third kappa shape index (κ3) is 4.22. The van der Waals surface area contributed by atoms with Crippen LogP contribution in [0.2, 0.25) is 10.0 Å². The lowest BCUT2D eigenvalue weighted by Gasteiger charge is -2.14. The molecule has 1 aromatic carbocycles. The topological polar surface area (TPSA) is 54.4 Å². The summed E-state index contributed by atoms with van der Waals surface area (Å²) in [6.45, 7) is 0. The van der Waals surface area contributed by atoms with Gasteiger partial charge in [-0.15, -0.1) is 0 Å². The summed E-state index contributed by atoms with van der Waals surface area (Å²) in [5, 5.41) is 1.25. The van der Waals surface area contributed by atoms with Gasteiger partial charge in [0.05, 0.1) is 5.75 Å². The highest BCUT2D eigenvalue weighted by molar-refractivity contribution is 9.09. The Morgan fingerprint density at radius 3 is 2.44 bits per heavy atom. The van der Waals surface area contributed by atoms with E-state index < -0.39 is 16.0 Å². The third-order valence-corrected chi connectivity index (χ3v) is 4.17. The molecule has 0 bridgehead atoms. The van der Waals surface area contributed by atoms with Crippen LogP contribution in [0.15, 0.2) is 18.2 Å². The van der Waals surface area contributed by atoms with Gasteiger partial charge in [0.1, 0.15) is 0 Å². The third-order valence-electron chi connectivity index (χ3n) is 2.00. The first-order valence-electron chi connectivity index (χ1n) is 4.29. The van der Waals surface area contributed by atoms with Crippen molar-refractivity contribution in [2.24, 2.45) is 0 Å². The summed E-state index contributed by atoms with van der Waals surface area (Å²) in [7, 11) is -4.03. The summed E-state index contributed by atoms with van der Waals surface area (Å²) >= 11 is 14.9. The molecule has 0 fully saturated rings. The van der Waals surface area contributed by atoms with E-state index in [1.807, 2.05) is 0 Å². The molecule has 0 unspecified atom stereocenters. The average molecular weight is 348 g/mol. The normalized spacial score (nSPS) is 13.8. The Hall–Kier alpha value is 0.190. The predicted octanol–water partition coefficient (Wildman–Crippen LogP) is 3.36. The molecule has 0 spiro atoms. The molecule has 0 heterocycles. The smallest absolute Gasteiger partial charge is 0.265 e. The van der Waals surface area contributed by atoms with Crippen LogP contribution >= 0.6 is 39.1 Å². The Kier molecular flexibility index (Phi) is 5.07. The number of benzene rings is 1. The largest absolute Gasteiger partial charge is 0.286 e. The van der Waals surface area contributed by atoms with Crippen LogP contribution in [0.5, 0.6) is 0 Å². The maximum absolute atomic E-state index is 10.8.